The topological polar surface area (TPSA) is 49.9 Å². The highest BCUT2D eigenvalue weighted by molar-refractivity contribution is 7.20. The Kier molecular flexibility index (Phi) is 29.8. The molecule has 0 aromatic heterocycles. The number of hydrogen-bond acceptors (Lipinski definition) is 8. The van der Waals surface area contributed by atoms with Crippen molar-refractivity contribution in [3.05, 3.63) is 557 Å². The quantitative estimate of drug-likeness (QED) is 0.0214. The van der Waals surface area contributed by atoms with Gasteiger partial charge in [-0.15, -0.1) is 0 Å². The lowest BCUT2D eigenvalue weighted by Crippen LogP contribution is -2.74. The first-order chi connectivity index (χ1) is 70.8. The summed E-state index contributed by atoms with van der Waals surface area (Å²) in [6, 6.07) is 189. The third-order valence-corrected chi connectivity index (χ3v) is 31.5. The van der Waals surface area contributed by atoms with Gasteiger partial charge in [-0.25, -0.2) is 0 Å². The van der Waals surface area contributed by atoms with Crippen LogP contribution in [0.3, 0.4) is 0 Å². The fraction of sp³-hybridized carbons (Fsp3) is 0.0746. The van der Waals surface area contributed by atoms with E-state index in [-0.39, 0.29) is 0 Å². The van der Waals surface area contributed by atoms with Gasteiger partial charge in [0.25, 0.3) is 0 Å². The second kappa shape index (κ2) is 45.6. The molecule has 0 saturated carbocycles. The minimum Gasteiger partial charge on any atom is -0.494 e. The third-order valence-electron chi connectivity index (χ3n) is 26.7. The Morgan fingerprint density at radius 1 is 0.175 bits per heavy atom. The molecule has 0 aliphatic heterocycles. The van der Waals surface area contributed by atoms with Crippen LogP contribution in [0, 0.1) is 0 Å². The van der Waals surface area contributed by atoms with Gasteiger partial charge in [0, 0.05) is 81.5 Å². The highest BCUT2D eigenvalue weighted by atomic mass is 28.3. The summed E-state index contributed by atoms with van der Waals surface area (Å²) in [6.45, 7) is 11.5. The van der Waals surface area contributed by atoms with Crippen molar-refractivity contribution in [3.63, 3.8) is 0 Å². The summed E-state index contributed by atoms with van der Waals surface area (Å²) in [7, 11) is -3.03. The molecule has 0 spiro atoms. The van der Waals surface area contributed by atoms with E-state index in [1.165, 1.54) is 20.7 Å². The second-order valence-electron chi connectivity index (χ2n) is 35.9. The van der Waals surface area contributed by atoms with Crippen molar-refractivity contribution in [1.29, 1.82) is 0 Å². The molecule has 0 saturated heterocycles. The van der Waals surface area contributed by atoms with Gasteiger partial charge in [-0.1, -0.05) is 377 Å². The second-order valence-corrected chi connectivity index (χ2v) is 39.7. The molecule has 0 amide bonds. The van der Waals surface area contributed by atoms with Gasteiger partial charge in [0.2, 0.25) is 0 Å². The van der Waals surface area contributed by atoms with E-state index in [1.54, 1.807) is 0 Å². The molecular formula is C134H112N4O4Si. The van der Waals surface area contributed by atoms with Crippen LogP contribution in [-0.2, 0) is 22.7 Å². The Morgan fingerprint density at radius 3 is 0.566 bits per heavy atom. The number of hydrogen-bond donors (Lipinski definition) is 0. The third kappa shape index (κ3) is 22.3. The van der Waals surface area contributed by atoms with Crippen LogP contribution >= 0.6 is 0 Å². The number of benzene rings is 20. The number of nitrogens with zero attached hydrogens (tertiary/aromatic N) is 4. The Morgan fingerprint density at radius 2 is 0.350 bits per heavy atom. The van der Waals surface area contributed by atoms with E-state index in [1.807, 2.05) is 60.7 Å². The minimum absolute atomic E-state index is 0.558. The molecule has 0 radical (unpaired) electrons. The largest absolute Gasteiger partial charge is 0.494 e. The maximum absolute atomic E-state index is 6.11. The zero-order chi connectivity index (χ0) is 96.6. The van der Waals surface area contributed by atoms with Crippen molar-refractivity contribution in [1.82, 2.24) is 0 Å². The molecule has 0 bridgehead atoms. The molecule has 0 fully saturated rings. The van der Waals surface area contributed by atoms with Gasteiger partial charge in [0.1, 0.15) is 11.5 Å². The molecule has 20 aromatic rings. The van der Waals surface area contributed by atoms with Gasteiger partial charge in [-0.2, -0.15) is 0 Å². The van der Waals surface area contributed by atoms with E-state index in [4.69, 9.17) is 18.9 Å². The molecule has 0 heterocycles. The van der Waals surface area contributed by atoms with Gasteiger partial charge < -0.3 is 38.5 Å². The lowest BCUT2D eigenvalue weighted by Gasteiger charge is -2.35. The Bertz CT molecular complexity index is 7000. The summed E-state index contributed by atoms with van der Waals surface area (Å²) in [5.41, 5.74) is 31.3. The van der Waals surface area contributed by atoms with Crippen molar-refractivity contribution in [3.8, 4) is 78.3 Å². The van der Waals surface area contributed by atoms with Crippen LogP contribution in [0.1, 0.15) is 47.9 Å². The van der Waals surface area contributed by atoms with Crippen LogP contribution in [0.4, 0.5) is 68.2 Å². The van der Waals surface area contributed by atoms with Crippen molar-refractivity contribution >= 4 is 109 Å². The number of ether oxygens (including phenoxy) is 4. The Hall–Kier alpha value is -17.2. The van der Waals surface area contributed by atoms with E-state index in [2.05, 4.69) is 506 Å². The predicted octanol–water partition coefficient (Wildman–Crippen LogP) is 33.0. The van der Waals surface area contributed by atoms with Crippen LogP contribution in [0.2, 0.25) is 0 Å². The van der Waals surface area contributed by atoms with E-state index in [9.17, 15) is 0 Å². The molecule has 0 aliphatic carbocycles. The first kappa shape index (κ1) is 93.5. The van der Waals surface area contributed by atoms with E-state index in [0.29, 0.717) is 39.6 Å². The molecule has 20 aromatic carbocycles. The molecule has 20 rings (SSSR count). The molecule has 0 atom stereocenters. The summed E-state index contributed by atoms with van der Waals surface area (Å²) in [6.07, 6.45) is 7.38. The van der Waals surface area contributed by atoms with Gasteiger partial charge >= 0.3 is 0 Å². The molecule has 0 N–H and O–H groups in total. The van der Waals surface area contributed by atoms with Gasteiger partial charge in [0.15, 0.2) is 8.07 Å². The number of unbranched alkanes of at least 4 members (excludes halogenated alkanes) is 2. The van der Waals surface area contributed by atoms with E-state index >= 15 is 0 Å². The first-order valence-corrected chi connectivity index (χ1v) is 51.4. The Balaban J connectivity index is 0.487. The molecule has 696 valence electrons. The summed E-state index contributed by atoms with van der Waals surface area (Å²) in [5, 5.41) is 5.19. The van der Waals surface area contributed by atoms with Crippen LogP contribution in [0.15, 0.2) is 535 Å². The van der Waals surface area contributed by atoms with Crippen LogP contribution in [-0.4, -0.2) is 34.5 Å². The SMILES string of the molecule is C=Cc1ccc(OCCCCOCc2ccc(N(c3ccccc3)c3ccc(-c4ccc(-c5ccc(-c6ccc(N(c7ccccc7)c7ccc([Si](c8ccccc8)(c8ccccc8)c8ccc(N(c9ccccc9)c9ccc(-c%10ccc(-c%11ccc(-c%12ccc(N(c%13ccccc%13)c%13ccc(COCCCCOc%14ccc(C=C)cc%14)cc%13)cc%12)cc%11)cc%10)cc9)cc8)cc7)cc6)cc5)cc4)cc3)cc2)cc1. The van der Waals surface area contributed by atoms with Gasteiger partial charge in [0.05, 0.1) is 26.4 Å². The van der Waals surface area contributed by atoms with E-state index < -0.39 is 8.07 Å². The highest BCUT2D eigenvalue weighted by Gasteiger charge is 2.42. The zero-order valence-corrected chi connectivity index (χ0v) is 81.2. The molecule has 0 aliphatic rings. The minimum atomic E-state index is -3.03. The Labute approximate surface area is 842 Å². The molecular weight excluding hydrogens is 1760 g/mol. The summed E-state index contributed by atoms with van der Waals surface area (Å²) in [5.74, 6) is 1.75. The fourth-order valence-electron chi connectivity index (χ4n) is 19.1. The van der Waals surface area contributed by atoms with Gasteiger partial charge in [-0.3, -0.25) is 0 Å². The molecule has 9 heteroatoms. The average molecular weight is 1870 g/mol. The lowest BCUT2D eigenvalue weighted by atomic mass is 9.98. The normalized spacial score (nSPS) is 11.2. The molecule has 143 heavy (non-hydrogen) atoms. The standard InChI is InChI=1S/C134H112N4O4Si/c1-3-101-43-87-129(88-44-101)141-97-25-23-95-139-99-103-39-71-121(72-40-103)135(117-27-11-5-12-28-117)123-75-63-113(64-76-123)109-55-47-105(48-56-109)107-51-59-111(60-52-107)115-67-79-125(80-68-115)137(119-31-15-7-16-32-119)127-83-91-133(92-84-127)143(131-35-19-9-20-36-131,132-37-21-10-22-38-132)134-93-85-128(86-94-134)138(120-33-17-8-18-34-120)126-81-69-116(70-82-126)112-61-53-108(54-62-112)106-49-57-110(58-50-106)114-65-77-124(78-66-114)136(118-29-13-6-14-30-118)122-73-41-104(42-74-122)100-140-96-24-26-98-142-130-89-45-102(4-2)46-90-130/h3-22,27-94H,1-2,23-26,95-100H2. The first-order valence-electron chi connectivity index (χ1n) is 49.4. The number of para-hydroxylation sites is 4. The highest BCUT2D eigenvalue weighted by Crippen LogP contribution is 2.43. The monoisotopic (exact) mass is 1870 g/mol. The average Bonchev–Trinajstić information content (AvgIpc) is 0.727. The summed E-state index contributed by atoms with van der Waals surface area (Å²) >= 11 is 0. The van der Waals surface area contributed by atoms with E-state index in [0.717, 1.165) is 194 Å². The van der Waals surface area contributed by atoms with Crippen molar-refractivity contribution < 1.29 is 18.9 Å². The lowest BCUT2D eigenvalue weighted by molar-refractivity contribution is 0.113. The zero-order valence-electron chi connectivity index (χ0n) is 80.2. The summed E-state index contributed by atoms with van der Waals surface area (Å²) < 4.78 is 24.1. The van der Waals surface area contributed by atoms with Crippen molar-refractivity contribution in [2.45, 2.75) is 38.9 Å². The van der Waals surface area contributed by atoms with Crippen LogP contribution < -0.4 is 49.8 Å². The predicted molar refractivity (Wildman–Crippen MR) is 603 cm³/mol. The maximum Gasteiger partial charge on any atom is 0.179 e. The van der Waals surface area contributed by atoms with Crippen LogP contribution in [0.5, 0.6) is 11.5 Å². The summed E-state index contributed by atoms with van der Waals surface area (Å²) in [4.78, 5) is 9.35. The molecule has 8 nitrogen and oxygen atoms in total. The molecule has 0 unspecified atom stereocenters. The number of anilines is 12. The van der Waals surface area contributed by atoms with Crippen molar-refractivity contribution in [2.24, 2.45) is 0 Å². The van der Waals surface area contributed by atoms with Crippen LogP contribution in [0.25, 0.3) is 78.9 Å². The van der Waals surface area contributed by atoms with Gasteiger partial charge in [-0.05, 0) is 305 Å². The maximum atomic E-state index is 6.11. The smallest absolute Gasteiger partial charge is 0.179 e. The van der Waals surface area contributed by atoms with Crippen molar-refractivity contribution in [2.75, 3.05) is 46.0 Å². The number of rotatable bonds is 40. The fourth-order valence-corrected chi connectivity index (χ4v) is 23.8.